The van der Waals surface area contributed by atoms with Crippen LogP contribution in [-0.4, -0.2) is 43.8 Å². The molecule has 0 aliphatic carbocycles. The largest absolute Gasteiger partial charge is 0.337 e. The molecule has 18 heavy (non-hydrogen) atoms. The molecule has 0 saturated carbocycles. The highest BCUT2D eigenvalue weighted by atomic mass is 127. The lowest BCUT2D eigenvalue weighted by atomic mass is 10.2. The second-order valence-corrected chi connectivity index (χ2v) is 7.95. The van der Waals surface area contributed by atoms with E-state index < -0.39 is 9.84 Å². The van der Waals surface area contributed by atoms with Crippen molar-refractivity contribution in [3.05, 3.63) is 32.4 Å². The van der Waals surface area contributed by atoms with E-state index in [1.807, 2.05) is 0 Å². The Bertz CT molecular complexity index is 574. The number of carbonyl (C=O) groups excluding carboxylic acids is 1. The van der Waals surface area contributed by atoms with Gasteiger partial charge in [-0.25, -0.2) is 8.42 Å². The Balaban J connectivity index is 2.15. The number of halogens is 2. The van der Waals surface area contributed by atoms with Gasteiger partial charge in [0.25, 0.3) is 5.91 Å². The average molecular weight is 400 g/mol. The molecule has 1 heterocycles. The molecule has 0 N–H and O–H groups in total. The maximum atomic E-state index is 12.2. The molecule has 2 rings (SSSR count). The fourth-order valence-electron chi connectivity index (χ4n) is 1.73. The van der Waals surface area contributed by atoms with Crippen LogP contribution in [-0.2, 0) is 9.84 Å². The lowest BCUT2D eigenvalue weighted by molar-refractivity contribution is 0.0770. The number of benzene rings is 1. The Labute approximate surface area is 124 Å². The van der Waals surface area contributed by atoms with Crippen molar-refractivity contribution < 1.29 is 13.2 Å². The Kier molecular flexibility index (Phi) is 4.18. The summed E-state index contributed by atoms with van der Waals surface area (Å²) in [4.78, 5) is 13.7. The first-order chi connectivity index (χ1) is 8.39. The summed E-state index contributed by atoms with van der Waals surface area (Å²) in [5.41, 5.74) is 0.545. The second-order valence-electron chi connectivity index (χ2n) is 4.07. The van der Waals surface area contributed by atoms with E-state index in [2.05, 4.69) is 22.6 Å². The highest BCUT2D eigenvalue weighted by Crippen LogP contribution is 2.20. The van der Waals surface area contributed by atoms with Gasteiger partial charge in [-0.05, 0) is 40.8 Å². The third-order valence-corrected chi connectivity index (χ3v) is 5.95. The fraction of sp³-hybridized carbons (Fsp3) is 0.364. The molecule has 1 aromatic rings. The lowest BCUT2D eigenvalue weighted by Crippen LogP contribution is -2.43. The zero-order valence-electron chi connectivity index (χ0n) is 9.40. The van der Waals surface area contributed by atoms with Crippen molar-refractivity contribution in [2.24, 2.45) is 0 Å². The first-order valence-corrected chi connectivity index (χ1v) is 8.61. The van der Waals surface area contributed by atoms with Crippen molar-refractivity contribution in [3.63, 3.8) is 0 Å². The van der Waals surface area contributed by atoms with Gasteiger partial charge in [-0.2, -0.15) is 0 Å². The number of hydrogen-bond acceptors (Lipinski definition) is 3. The minimum Gasteiger partial charge on any atom is -0.337 e. The van der Waals surface area contributed by atoms with E-state index in [4.69, 9.17) is 11.6 Å². The van der Waals surface area contributed by atoms with E-state index in [0.717, 1.165) is 3.57 Å². The molecular formula is C11H11ClINO3S. The summed E-state index contributed by atoms with van der Waals surface area (Å²) < 4.78 is 23.4. The van der Waals surface area contributed by atoms with Crippen molar-refractivity contribution >= 4 is 49.9 Å². The molecule has 0 atom stereocenters. The first kappa shape index (κ1) is 14.1. The molecule has 7 heteroatoms. The van der Waals surface area contributed by atoms with Crippen molar-refractivity contribution in [1.29, 1.82) is 0 Å². The summed E-state index contributed by atoms with van der Waals surface area (Å²) in [7, 11) is -2.96. The molecule has 0 bridgehead atoms. The minimum absolute atomic E-state index is 0.0451. The SMILES string of the molecule is O=C(c1ccc(Cl)c(I)c1)N1CCS(=O)(=O)CC1. The zero-order chi connectivity index (χ0) is 13.3. The maximum Gasteiger partial charge on any atom is 0.253 e. The van der Waals surface area contributed by atoms with Crippen molar-refractivity contribution in [2.45, 2.75) is 0 Å². The molecule has 0 aromatic heterocycles. The van der Waals surface area contributed by atoms with Crippen LogP contribution >= 0.6 is 34.2 Å². The number of sulfone groups is 1. The van der Waals surface area contributed by atoms with Crippen LogP contribution in [0.5, 0.6) is 0 Å². The van der Waals surface area contributed by atoms with Crippen LogP contribution in [0.2, 0.25) is 5.02 Å². The van der Waals surface area contributed by atoms with Crippen molar-refractivity contribution in [3.8, 4) is 0 Å². The third kappa shape index (κ3) is 3.16. The van der Waals surface area contributed by atoms with Gasteiger partial charge in [-0.3, -0.25) is 4.79 Å². The summed E-state index contributed by atoms with van der Waals surface area (Å²) in [5.74, 6) is -0.0492. The van der Waals surface area contributed by atoms with Crippen LogP contribution in [0.4, 0.5) is 0 Å². The summed E-state index contributed by atoms with van der Waals surface area (Å²) in [6, 6.07) is 5.06. The van der Waals surface area contributed by atoms with Crippen LogP contribution in [0.3, 0.4) is 0 Å². The third-order valence-electron chi connectivity index (χ3n) is 2.80. The smallest absolute Gasteiger partial charge is 0.253 e. The molecule has 98 valence electrons. The van der Waals surface area contributed by atoms with Crippen LogP contribution in [0.1, 0.15) is 10.4 Å². The topological polar surface area (TPSA) is 54.5 Å². The van der Waals surface area contributed by atoms with E-state index >= 15 is 0 Å². The molecule has 1 aliphatic rings. The Morgan fingerprint density at radius 3 is 2.44 bits per heavy atom. The number of hydrogen-bond donors (Lipinski definition) is 0. The van der Waals surface area contributed by atoms with Crippen molar-refractivity contribution in [2.75, 3.05) is 24.6 Å². The molecule has 1 saturated heterocycles. The Morgan fingerprint density at radius 2 is 1.89 bits per heavy atom. The predicted octanol–water partition coefficient (Wildman–Crippen LogP) is 1.82. The molecule has 0 spiro atoms. The van der Waals surface area contributed by atoms with Crippen LogP contribution in [0, 0.1) is 3.57 Å². The van der Waals surface area contributed by atoms with Gasteiger partial charge in [0.2, 0.25) is 0 Å². The minimum atomic E-state index is -2.96. The molecular weight excluding hydrogens is 389 g/mol. The van der Waals surface area contributed by atoms with Gasteiger partial charge in [0, 0.05) is 22.2 Å². The monoisotopic (exact) mass is 399 g/mol. The number of rotatable bonds is 1. The van der Waals surface area contributed by atoms with E-state index in [1.54, 1.807) is 23.1 Å². The van der Waals surface area contributed by atoms with Gasteiger partial charge in [0.15, 0.2) is 9.84 Å². The fourth-order valence-corrected chi connectivity index (χ4v) is 3.56. The van der Waals surface area contributed by atoms with E-state index in [9.17, 15) is 13.2 Å². The van der Waals surface area contributed by atoms with Crippen LogP contribution < -0.4 is 0 Å². The number of carbonyl (C=O) groups is 1. The van der Waals surface area contributed by atoms with Gasteiger partial charge < -0.3 is 4.90 Å². The Hall–Kier alpha value is -0.340. The number of amides is 1. The normalized spacial score (nSPS) is 18.7. The zero-order valence-corrected chi connectivity index (χ0v) is 13.1. The van der Waals surface area contributed by atoms with Gasteiger partial charge in [-0.15, -0.1) is 0 Å². The maximum absolute atomic E-state index is 12.2. The highest BCUT2D eigenvalue weighted by molar-refractivity contribution is 14.1. The predicted molar refractivity (Wildman–Crippen MR) is 78.7 cm³/mol. The summed E-state index contributed by atoms with van der Waals surface area (Å²) in [6.07, 6.45) is 0. The standard InChI is InChI=1S/C11H11ClINO3S/c12-9-2-1-8(7-10(9)13)11(15)14-3-5-18(16,17)6-4-14/h1-2,7H,3-6H2. The summed E-state index contributed by atoms with van der Waals surface area (Å²) >= 11 is 7.96. The second kappa shape index (κ2) is 5.34. The van der Waals surface area contributed by atoms with Gasteiger partial charge in [0.1, 0.15) is 0 Å². The van der Waals surface area contributed by atoms with E-state index in [-0.39, 0.29) is 30.5 Å². The van der Waals surface area contributed by atoms with Gasteiger partial charge >= 0.3 is 0 Å². The molecule has 0 radical (unpaired) electrons. The molecule has 0 unspecified atom stereocenters. The first-order valence-electron chi connectivity index (χ1n) is 5.34. The molecule has 1 amide bonds. The van der Waals surface area contributed by atoms with Gasteiger partial charge in [0.05, 0.1) is 16.5 Å². The summed E-state index contributed by atoms with van der Waals surface area (Å²) in [5, 5.41) is 0.605. The van der Waals surface area contributed by atoms with E-state index in [1.165, 1.54) is 0 Å². The van der Waals surface area contributed by atoms with Crippen LogP contribution in [0.25, 0.3) is 0 Å². The Morgan fingerprint density at radius 1 is 1.28 bits per heavy atom. The average Bonchev–Trinajstić information content (AvgIpc) is 2.32. The molecule has 4 nitrogen and oxygen atoms in total. The molecule has 1 aromatic carbocycles. The van der Waals surface area contributed by atoms with Gasteiger partial charge in [-0.1, -0.05) is 11.6 Å². The molecule has 1 aliphatic heterocycles. The lowest BCUT2D eigenvalue weighted by Gasteiger charge is -2.26. The quantitative estimate of drug-likeness (QED) is 0.677. The van der Waals surface area contributed by atoms with Crippen LogP contribution in [0.15, 0.2) is 18.2 Å². The summed E-state index contributed by atoms with van der Waals surface area (Å²) in [6.45, 7) is 0.529. The highest BCUT2D eigenvalue weighted by Gasteiger charge is 2.25. The van der Waals surface area contributed by atoms with Crippen molar-refractivity contribution in [1.82, 2.24) is 4.90 Å². The molecule has 1 fully saturated rings. The number of nitrogens with zero attached hydrogens (tertiary/aromatic N) is 1. The van der Waals surface area contributed by atoms with E-state index in [0.29, 0.717) is 10.6 Å².